The molecule has 1 amide bonds. The van der Waals surface area contributed by atoms with E-state index in [1.165, 1.54) is 38.3 Å². The molecule has 1 aliphatic carbocycles. The fraction of sp³-hybridized carbons (Fsp3) is 0.625. The third-order valence-corrected chi connectivity index (χ3v) is 5.31. The number of aromatic nitrogens is 1. The van der Waals surface area contributed by atoms with E-state index >= 15 is 0 Å². The van der Waals surface area contributed by atoms with Gasteiger partial charge in [0.2, 0.25) is 0 Å². The number of likely N-dealkylation sites (tertiary alicyclic amines) is 1. The van der Waals surface area contributed by atoms with E-state index in [2.05, 4.69) is 4.98 Å². The number of carbonyl (C=O) groups excluding carboxylic acids is 1. The standard InChI is InChI=1S/C16H20Cl2N2O/c17-13-10-19-15(18)9-12(13)16(21)20-8-4-7-14(20)11-5-2-1-3-6-11/h9-11,14H,1-8H2. The van der Waals surface area contributed by atoms with E-state index in [1.54, 1.807) is 6.07 Å². The minimum Gasteiger partial charge on any atom is -0.335 e. The van der Waals surface area contributed by atoms with E-state index in [9.17, 15) is 4.79 Å². The molecule has 0 N–H and O–H groups in total. The van der Waals surface area contributed by atoms with E-state index in [0.717, 1.165) is 19.4 Å². The highest BCUT2D eigenvalue weighted by Crippen LogP contribution is 2.35. The van der Waals surface area contributed by atoms with E-state index in [0.29, 0.717) is 27.7 Å². The number of hydrogen-bond acceptors (Lipinski definition) is 2. The van der Waals surface area contributed by atoms with E-state index < -0.39 is 0 Å². The van der Waals surface area contributed by atoms with Gasteiger partial charge in [0.05, 0.1) is 10.6 Å². The Bertz CT molecular complexity index is 529. The Labute approximate surface area is 135 Å². The van der Waals surface area contributed by atoms with Gasteiger partial charge in [-0.05, 0) is 37.7 Å². The smallest absolute Gasteiger partial charge is 0.255 e. The van der Waals surface area contributed by atoms with Crippen LogP contribution in [0.2, 0.25) is 10.2 Å². The third kappa shape index (κ3) is 3.19. The van der Waals surface area contributed by atoms with Crippen molar-refractivity contribution in [1.29, 1.82) is 0 Å². The van der Waals surface area contributed by atoms with Crippen molar-refractivity contribution < 1.29 is 4.79 Å². The van der Waals surface area contributed by atoms with Crippen molar-refractivity contribution in [2.75, 3.05) is 6.54 Å². The number of carbonyl (C=O) groups is 1. The van der Waals surface area contributed by atoms with Crippen LogP contribution >= 0.6 is 23.2 Å². The molecular weight excluding hydrogens is 307 g/mol. The van der Waals surface area contributed by atoms with Gasteiger partial charge < -0.3 is 4.90 Å². The number of nitrogens with zero attached hydrogens (tertiary/aromatic N) is 2. The van der Waals surface area contributed by atoms with Crippen LogP contribution < -0.4 is 0 Å². The maximum atomic E-state index is 12.8. The maximum absolute atomic E-state index is 12.8. The highest BCUT2D eigenvalue weighted by atomic mass is 35.5. The molecule has 3 rings (SSSR count). The number of halogens is 2. The van der Waals surface area contributed by atoms with Gasteiger partial charge in [-0.1, -0.05) is 42.5 Å². The van der Waals surface area contributed by atoms with Gasteiger partial charge >= 0.3 is 0 Å². The number of pyridine rings is 1. The summed E-state index contributed by atoms with van der Waals surface area (Å²) in [5.41, 5.74) is 0.486. The summed E-state index contributed by atoms with van der Waals surface area (Å²) in [6, 6.07) is 1.96. The summed E-state index contributed by atoms with van der Waals surface area (Å²) in [6.07, 6.45) is 10.1. The lowest BCUT2D eigenvalue weighted by atomic mass is 9.83. The number of rotatable bonds is 2. The van der Waals surface area contributed by atoms with E-state index in [-0.39, 0.29) is 5.91 Å². The van der Waals surface area contributed by atoms with Crippen LogP contribution in [0.25, 0.3) is 0 Å². The molecular formula is C16H20Cl2N2O. The first kappa shape index (κ1) is 15.1. The minimum atomic E-state index is 0.0115. The molecule has 3 nitrogen and oxygen atoms in total. The quantitative estimate of drug-likeness (QED) is 0.745. The first-order valence-electron chi connectivity index (χ1n) is 7.79. The van der Waals surface area contributed by atoms with Gasteiger partial charge in [-0.3, -0.25) is 4.79 Å². The monoisotopic (exact) mass is 326 g/mol. The molecule has 2 heterocycles. The molecule has 1 saturated carbocycles. The summed E-state index contributed by atoms with van der Waals surface area (Å²) in [5.74, 6) is 0.665. The molecule has 0 bridgehead atoms. The minimum absolute atomic E-state index is 0.0115. The van der Waals surface area contributed by atoms with Crippen LogP contribution in [0.5, 0.6) is 0 Å². The third-order valence-electron chi connectivity index (χ3n) is 4.81. The van der Waals surface area contributed by atoms with Crippen molar-refractivity contribution in [3.8, 4) is 0 Å². The Morgan fingerprint density at radius 2 is 1.90 bits per heavy atom. The lowest BCUT2D eigenvalue weighted by Crippen LogP contribution is -2.40. The lowest BCUT2D eigenvalue weighted by molar-refractivity contribution is 0.0661. The summed E-state index contributed by atoms with van der Waals surface area (Å²) >= 11 is 12.0. The van der Waals surface area contributed by atoms with Crippen LogP contribution in [0, 0.1) is 5.92 Å². The average Bonchev–Trinajstić information content (AvgIpc) is 2.99. The second-order valence-electron chi connectivity index (χ2n) is 6.09. The lowest BCUT2D eigenvalue weighted by Gasteiger charge is -2.34. The molecule has 1 saturated heterocycles. The summed E-state index contributed by atoms with van der Waals surface area (Å²) in [6.45, 7) is 0.830. The second-order valence-corrected chi connectivity index (χ2v) is 6.89. The van der Waals surface area contributed by atoms with E-state index in [1.807, 2.05) is 4.90 Å². The van der Waals surface area contributed by atoms with Crippen LogP contribution in [0.4, 0.5) is 0 Å². The fourth-order valence-electron chi connectivity index (χ4n) is 3.79. The Kier molecular flexibility index (Phi) is 4.70. The van der Waals surface area contributed by atoms with Crippen LogP contribution in [-0.4, -0.2) is 28.4 Å². The van der Waals surface area contributed by atoms with Gasteiger partial charge in [0.1, 0.15) is 5.15 Å². The molecule has 2 aliphatic rings. The van der Waals surface area contributed by atoms with Crippen molar-refractivity contribution in [3.05, 3.63) is 28.0 Å². The van der Waals surface area contributed by atoms with Crippen molar-refractivity contribution in [3.63, 3.8) is 0 Å². The zero-order valence-corrected chi connectivity index (χ0v) is 13.5. The zero-order chi connectivity index (χ0) is 14.8. The number of hydrogen-bond donors (Lipinski definition) is 0. The predicted molar refractivity (Wildman–Crippen MR) is 84.9 cm³/mol. The molecule has 1 unspecified atom stereocenters. The van der Waals surface area contributed by atoms with Crippen molar-refractivity contribution >= 4 is 29.1 Å². The fourth-order valence-corrected chi connectivity index (χ4v) is 4.13. The van der Waals surface area contributed by atoms with Crippen LogP contribution in [0.15, 0.2) is 12.3 Å². The van der Waals surface area contributed by atoms with Crippen LogP contribution in [-0.2, 0) is 0 Å². The van der Waals surface area contributed by atoms with Crippen LogP contribution in [0.3, 0.4) is 0 Å². The highest BCUT2D eigenvalue weighted by Gasteiger charge is 2.36. The Balaban J connectivity index is 1.80. The number of amides is 1. The Hall–Kier alpha value is -0.800. The first-order valence-corrected chi connectivity index (χ1v) is 8.54. The van der Waals surface area contributed by atoms with Gasteiger partial charge in [0.25, 0.3) is 5.91 Å². The summed E-state index contributed by atoms with van der Waals surface area (Å²) in [7, 11) is 0. The molecule has 21 heavy (non-hydrogen) atoms. The molecule has 1 aliphatic heterocycles. The highest BCUT2D eigenvalue weighted by molar-refractivity contribution is 6.35. The molecule has 5 heteroatoms. The van der Waals surface area contributed by atoms with Crippen molar-refractivity contribution in [1.82, 2.24) is 9.88 Å². The maximum Gasteiger partial charge on any atom is 0.255 e. The second kappa shape index (κ2) is 6.53. The molecule has 1 aromatic heterocycles. The summed E-state index contributed by atoms with van der Waals surface area (Å²) in [5, 5.41) is 0.704. The van der Waals surface area contributed by atoms with Crippen molar-refractivity contribution in [2.45, 2.75) is 51.0 Å². The topological polar surface area (TPSA) is 33.2 Å². The summed E-state index contributed by atoms with van der Waals surface area (Å²) in [4.78, 5) is 18.8. The predicted octanol–water partition coefficient (Wildman–Crippen LogP) is 4.57. The first-order chi connectivity index (χ1) is 10.2. The molecule has 0 radical (unpaired) electrons. The largest absolute Gasteiger partial charge is 0.335 e. The van der Waals surface area contributed by atoms with Gasteiger partial charge in [-0.15, -0.1) is 0 Å². The zero-order valence-electron chi connectivity index (χ0n) is 12.0. The molecule has 0 spiro atoms. The van der Waals surface area contributed by atoms with Gasteiger partial charge in [-0.2, -0.15) is 0 Å². The summed E-state index contributed by atoms with van der Waals surface area (Å²) < 4.78 is 0. The average molecular weight is 327 g/mol. The van der Waals surface area contributed by atoms with Gasteiger partial charge in [0, 0.05) is 18.8 Å². The SMILES string of the molecule is O=C(c1cc(Cl)ncc1Cl)N1CCCC1C1CCCCC1. The molecule has 1 atom stereocenters. The molecule has 0 aromatic carbocycles. The van der Waals surface area contributed by atoms with Gasteiger partial charge in [-0.25, -0.2) is 4.98 Å². The molecule has 1 aromatic rings. The molecule has 114 valence electrons. The van der Waals surface area contributed by atoms with Crippen LogP contribution in [0.1, 0.15) is 55.3 Å². The van der Waals surface area contributed by atoms with Gasteiger partial charge in [0.15, 0.2) is 0 Å². The Morgan fingerprint density at radius 1 is 1.14 bits per heavy atom. The Morgan fingerprint density at radius 3 is 2.67 bits per heavy atom. The molecule has 2 fully saturated rings. The van der Waals surface area contributed by atoms with E-state index in [4.69, 9.17) is 23.2 Å². The van der Waals surface area contributed by atoms with Crippen molar-refractivity contribution in [2.24, 2.45) is 5.92 Å². The normalized spacial score (nSPS) is 23.5.